The van der Waals surface area contributed by atoms with Crippen LogP contribution in [0.1, 0.15) is 57.3 Å². The minimum absolute atomic E-state index is 0.0255. The largest absolute Gasteiger partial charge is 0.406 e. The van der Waals surface area contributed by atoms with E-state index in [0.717, 1.165) is 18.4 Å². The quantitative estimate of drug-likeness (QED) is 0.715. The molecule has 1 aliphatic rings. The van der Waals surface area contributed by atoms with Gasteiger partial charge in [0.15, 0.2) is 0 Å². The van der Waals surface area contributed by atoms with Crippen molar-refractivity contribution in [1.29, 1.82) is 0 Å². The number of aromatic nitrogens is 1. The predicted molar refractivity (Wildman–Crippen MR) is 98.9 cm³/mol. The van der Waals surface area contributed by atoms with E-state index in [1.807, 2.05) is 24.8 Å². The topological polar surface area (TPSA) is 25.2 Å². The maximum atomic E-state index is 13.2. The fourth-order valence-corrected chi connectivity index (χ4v) is 3.92. The summed E-state index contributed by atoms with van der Waals surface area (Å²) in [6.45, 7) is 6.85. The Morgan fingerprint density at radius 2 is 1.81 bits per heavy atom. The first kappa shape index (κ1) is 19.5. The molecule has 0 bridgehead atoms. The molecule has 146 valence electrons. The summed E-state index contributed by atoms with van der Waals surface area (Å²) in [6, 6.07) is 7.77. The van der Waals surface area contributed by atoms with Crippen LogP contribution in [0, 0.1) is 27.7 Å². The van der Waals surface area contributed by atoms with Crippen LogP contribution < -0.4 is 0 Å². The maximum absolute atomic E-state index is 13.2. The number of rotatable bonds is 3. The number of benzene rings is 1. The van der Waals surface area contributed by atoms with Crippen molar-refractivity contribution in [3.63, 3.8) is 0 Å². The average Bonchev–Trinajstić information content (AvgIpc) is 3.16. The number of carbonyl (C=O) groups is 1. The molecule has 0 aliphatic carbocycles. The highest BCUT2D eigenvalue weighted by Crippen LogP contribution is 2.35. The SMILES string of the molecule is Cc1ccc(C2CCCN2C(=O)c2cc(C)n(CC(F)(F)F)c2C)cc1C. The summed E-state index contributed by atoms with van der Waals surface area (Å²) in [4.78, 5) is 15.0. The summed E-state index contributed by atoms with van der Waals surface area (Å²) in [5, 5.41) is 0. The van der Waals surface area contributed by atoms with E-state index < -0.39 is 12.7 Å². The molecule has 1 aromatic carbocycles. The standard InChI is InChI=1S/C21H25F3N2O/c1-13-7-8-17(10-14(13)2)19-6-5-9-25(19)20(27)18-11-15(3)26(16(18)4)12-21(22,23)24/h7-8,10-11,19H,5-6,9,12H2,1-4H3. The minimum Gasteiger partial charge on any atom is -0.339 e. The van der Waals surface area contributed by atoms with Crippen molar-refractivity contribution < 1.29 is 18.0 Å². The van der Waals surface area contributed by atoms with Crippen LogP contribution in [0.4, 0.5) is 13.2 Å². The summed E-state index contributed by atoms with van der Waals surface area (Å²) in [5.74, 6) is -0.183. The molecule has 0 N–H and O–H groups in total. The van der Waals surface area contributed by atoms with E-state index in [9.17, 15) is 18.0 Å². The van der Waals surface area contributed by atoms with Crippen LogP contribution in [-0.4, -0.2) is 28.1 Å². The number of hydrogen-bond donors (Lipinski definition) is 0. The van der Waals surface area contributed by atoms with Crippen molar-refractivity contribution in [2.24, 2.45) is 0 Å². The molecule has 0 spiro atoms. The smallest absolute Gasteiger partial charge is 0.339 e. The lowest BCUT2D eigenvalue weighted by Gasteiger charge is -2.26. The van der Waals surface area contributed by atoms with Gasteiger partial charge in [-0.15, -0.1) is 0 Å². The van der Waals surface area contributed by atoms with Gasteiger partial charge in [-0.1, -0.05) is 18.2 Å². The number of aryl methyl sites for hydroxylation is 3. The Morgan fingerprint density at radius 1 is 1.11 bits per heavy atom. The molecular weight excluding hydrogens is 353 g/mol. The zero-order valence-electron chi connectivity index (χ0n) is 16.2. The van der Waals surface area contributed by atoms with Gasteiger partial charge in [0.1, 0.15) is 6.54 Å². The molecule has 0 saturated carbocycles. The monoisotopic (exact) mass is 378 g/mol. The van der Waals surface area contributed by atoms with E-state index in [1.165, 1.54) is 15.7 Å². The van der Waals surface area contributed by atoms with Crippen molar-refractivity contribution in [1.82, 2.24) is 9.47 Å². The van der Waals surface area contributed by atoms with Crippen LogP contribution in [-0.2, 0) is 6.54 Å². The Labute approximate surface area is 157 Å². The molecule has 27 heavy (non-hydrogen) atoms. The first-order chi connectivity index (χ1) is 12.6. The van der Waals surface area contributed by atoms with Crippen molar-refractivity contribution in [3.05, 3.63) is 57.9 Å². The van der Waals surface area contributed by atoms with Gasteiger partial charge in [-0.25, -0.2) is 0 Å². The van der Waals surface area contributed by atoms with Crippen molar-refractivity contribution in [2.75, 3.05) is 6.54 Å². The van der Waals surface area contributed by atoms with Crippen LogP contribution >= 0.6 is 0 Å². The second kappa shape index (κ2) is 7.06. The fraction of sp³-hybridized carbons (Fsp3) is 0.476. The van der Waals surface area contributed by atoms with Gasteiger partial charge in [0.2, 0.25) is 0 Å². The molecule has 6 heteroatoms. The molecule has 1 aliphatic heterocycles. The highest BCUT2D eigenvalue weighted by atomic mass is 19.4. The van der Waals surface area contributed by atoms with Crippen LogP contribution in [0.25, 0.3) is 0 Å². The summed E-state index contributed by atoms with van der Waals surface area (Å²) in [6.07, 6.45) is -2.55. The first-order valence-electron chi connectivity index (χ1n) is 9.20. The lowest BCUT2D eigenvalue weighted by molar-refractivity contribution is -0.141. The number of likely N-dealkylation sites (tertiary alicyclic amines) is 1. The molecule has 1 atom stereocenters. The summed E-state index contributed by atoms with van der Waals surface area (Å²) in [5.41, 5.74) is 4.66. The van der Waals surface area contributed by atoms with Crippen molar-refractivity contribution in [2.45, 2.75) is 59.3 Å². The first-order valence-corrected chi connectivity index (χ1v) is 9.20. The van der Waals surface area contributed by atoms with Crippen LogP contribution in [0.2, 0.25) is 0 Å². The molecule has 1 aromatic heterocycles. The Hall–Kier alpha value is -2.24. The summed E-state index contributed by atoms with van der Waals surface area (Å²) >= 11 is 0. The normalized spacial score (nSPS) is 17.6. The van der Waals surface area contributed by atoms with E-state index in [-0.39, 0.29) is 11.9 Å². The van der Waals surface area contributed by atoms with E-state index >= 15 is 0 Å². The van der Waals surface area contributed by atoms with Gasteiger partial charge in [-0.2, -0.15) is 13.2 Å². The molecule has 3 nitrogen and oxygen atoms in total. The zero-order chi connectivity index (χ0) is 19.9. The third-order valence-electron chi connectivity index (χ3n) is 5.57. The second-order valence-electron chi connectivity index (χ2n) is 7.49. The van der Waals surface area contributed by atoms with Crippen LogP contribution in [0.15, 0.2) is 24.3 Å². The van der Waals surface area contributed by atoms with E-state index in [2.05, 4.69) is 12.1 Å². The minimum atomic E-state index is -4.32. The lowest BCUT2D eigenvalue weighted by atomic mass is 9.99. The van der Waals surface area contributed by atoms with Gasteiger partial charge >= 0.3 is 6.18 Å². The Balaban J connectivity index is 1.91. The number of carbonyl (C=O) groups excluding carboxylic acids is 1. The van der Waals surface area contributed by atoms with Crippen LogP contribution in [0.5, 0.6) is 0 Å². The maximum Gasteiger partial charge on any atom is 0.406 e. The number of halogens is 3. The van der Waals surface area contributed by atoms with Gasteiger partial charge in [0, 0.05) is 17.9 Å². The molecule has 1 saturated heterocycles. The fourth-order valence-electron chi connectivity index (χ4n) is 3.92. The molecule has 1 amide bonds. The molecule has 2 aromatic rings. The van der Waals surface area contributed by atoms with E-state index in [0.29, 0.717) is 23.5 Å². The lowest BCUT2D eigenvalue weighted by Crippen LogP contribution is -2.31. The van der Waals surface area contributed by atoms with Gasteiger partial charge in [-0.3, -0.25) is 4.79 Å². The Kier molecular flexibility index (Phi) is 5.10. The predicted octanol–water partition coefficient (Wildman–Crippen LogP) is 5.26. The number of hydrogen-bond acceptors (Lipinski definition) is 1. The van der Waals surface area contributed by atoms with Crippen molar-refractivity contribution in [3.8, 4) is 0 Å². The van der Waals surface area contributed by atoms with Gasteiger partial charge in [0.05, 0.1) is 11.6 Å². The average molecular weight is 378 g/mol. The molecule has 0 radical (unpaired) electrons. The third-order valence-corrected chi connectivity index (χ3v) is 5.57. The number of nitrogens with zero attached hydrogens (tertiary/aromatic N) is 2. The van der Waals surface area contributed by atoms with E-state index in [1.54, 1.807) is 19.9 Å². The van der Waals surface area contributed by atoms with Crippen molar-refractivity contribution >= 4 is 5.91 Å². The number of alkyl halides is 3. The third kappa shape index (κ3) is 3.89. The molecule has 2 heterocycles. The Bertz CT molecular complexity index is 867. The zero-order valence-corrected chi connectivity index (χ0v) is 16.2. The number of amides is 1. The molecule has 1 fully saturated rings. The van der Waals surface area contributed by atoms with E-state index in [4.69, 9.17) is 0 Å². The highest BCUT2D eigenvalue weighted by molar-refractivity contribution is 5.96. The summed E-state index contributed by atoms with van der Waals surface area (Å²) in [7, 11) is 0. The van der Waals surface area contributed by atoms with Gasteiger partial charge < -0.3 is 9.47 Å². The van der Waals surface area contributed by atoms with Gasteiger partial charge in [-0.05, 0) is 63.3 Å². The van der Waals surface area contributed by atoms with Crippen LogP contribution in [0.3, 0.4) is 0 Å². The van der Waals surface area contributed by atoms with Gasteiger partial charge in [0.25, 0.3) is 5.91 Å². The highest BCUT2D eigenvalue weighted by Gasteiger charge is 2.34. The summed E-state index contributed by atoms with van der Waals surface area (Å²) < 4.78 is 39.7. The molecule has 3 rings (SSSR count). The second-order valence-corrected chi connectivity index (χ2v) is 7.49. The Morgan fingerprint density at radius 3 is 2.44 bits per heavy atom. The molecule has 1 unspecified atom stereocenters. The molecular formula is C21H25F3N2O.